The summed E-state index contributed by atoms with van der Waals surface area (Å²) in [4.78, 5) is 4.03. The van der Waals surface area contributed by atoms with Crippen molar-refractivity contribution in [3.8, 4) is 0 Å². The first-order valence-electron chi connectivity index (χ1n) is 5.10. The molecule has 0 N–H and O–H groups in total. The second-order valence-corrected chi connectivity index (χ2v) is 4.87. The van der Waals surface area contributed by atoms with Crippen LogP contribution in [0, 0.1) is 6.92 Å². The average molecular weight is 209 g/mol. The lowest BCUT2D eigenvalue weighted by atomic mass is 9.87. The molecule has 0 radical (unpaired) electrons. The molecule has 0 bridgehead atoms. The largest absolute Gasteiger partial charge is 0.534 e. The maximum absolute atomic E-state index is 5.81. The quantitative estimate of drug-likeness (QED) is 0.653. The van der Waals surface area contributed by atoms with Crippen LogP contribution in [0.15, 0.2) is 10.6 Å². The number of hydrogen-bond acceptors (Lipinski definition) is 4. The predicted molar refractivity (Wildman–Crippen MR) is 57.0 cm³/mol. The van der Waals surface area contributed by atoms with Crippen LogP contribution in [0.3, 0.4) is 0 Å². The molecule has 1 aliphatic heterocycles. The summed E-state index contributed by atoms with van der Waals surface area (Å²) >= 11 is 0. The molecule has 1 aliphatic rings. The van der Waals surface area contributed by atoms with Crippen LogP contribution in [0.25, 0.3) is 0 Å². The van der Waals surface area contributed by atoms with Crippen LogP contribution in [-0.2, 0) is 9.31 Å². The van der Waals surface area contributed by atoms with E-state index in [0.29, 0.717) is 11.6 Å². The van der Waals surface area contributed by atoms with Crippen molar-refractivity contribution in [3.63, 3.8) is 0 Å². The standard InChI is InChI=1S/C10H16BNO3/c1-7-12-6-8(13-7)11-14-9(2,3)10(4,5)15-11/h6H,1-5H3. The third-order valence-corrected chi connectivity index (χ3v) is 3.12. The third-order valence-electron chi connectivity index (χ3n) is 3.12. The molecule has 15 heavy (non-hydrogen) atoms. The molecule has 82 valence electrons. The highest BCUT2D eigenvalue weighted by atomic mass is 16.7. The zero-order chi connectivity index (χ0) is 11.3. The second-order valence-electron chi connectivity index (χ2n) is 4.87. The highest BCUT2D eigenvalue weighted by molar-refractivity contribution is 6.60. The molecule has 2 heterocycles. The van der Waals surface area contributed by atoms with Gasteiger partial charge in [0.05, 0.1) is 17.4 Å². The molecule has 2 rings (SSSR count). The fourth-order valence-electron chi connectivity index (χ4n) is 1.45. The Morgan fingerprint density at radius 2 is 1.67 bits per heavy atom. The first-order chi connectivity index (χ1) is 6.82. The minimum Gasteiger partial charge on any atom is -0.450 e. The minimum atomic E-state index is -0.448. The summed E-state index contributed by atoms with van der Waals surface area (Å²) in [5.74, 6) is 0.625. The zero-order valence-electron chi connectivity index (χ0n) is 9.83. The first kappa shape index (κ1) is 10.7. The van der Waals surface area contributed by atoms with E-state index in [1.54, 1.807) is 13.1 Å². The molecule has 0 amide bonds. The van der Waals surface area contributed by atoms with Gasteiger partial charge in [-0.1, -0.05) is 0 Å². The van der Waals surface area contributed by atoms with E-state index in [1.807, 2.05) is 27.7 Å². The number of oxazole rings is 1. The molecule has 1 aromatic rings. The van der Waals surface area contributed by atoms with Gasteiger partial charge in [0.25, 0.3) is 0 Å². The molecule has 0 unspecified atom stereocenters. The molecule has 1 saturated heterocycles. The summed E-state index contributed by atoms with van der Waals surface area (Å²) in [5.41, 5.74) is -0.0392. The third kappa shape index (κ3) is 1.70. The molecular weight excluding hydrogens is 193 g/mol. The van der Waals surface area contributed by atoms with Gasteiger partial charge in [-0.25, -0.2) is 4.98 Å². The van der Waals surface area contributed by atoms with Gasteiger partial charge in [-0.05, 0) is 27.7 Å². The molecule has 0 atom stereocenters. The normalized spacial score (nSPS) is 23.4. The van der Waals surface area contributed by atoms with Gasteiger partial charge in [0.2, 0.25) is 0 Å². The van der Waals surface area contributed by atoms with Crippen molar-refractivity contribution in [1.82, 2.24) is 4.98 Å². The second kappa shape index (κ2) is 3.09. The topological polar surface area (TPSA) is 44.5 Å². The Morgan fingerprint density at radius 3 is 2.07 bits per heavy atom. The Hall–Kier alpha value is -0.805. The van der Waals surface area contributed by atoms with E-state index < -0.39 is 7.12 Å². The monoisotopic (exact) mass is 209 g/mol. The average Bonchev–Trinajstić information content (AvgIpc) is 2.56. The Balaban J connectivity index is 2.23. The first-order valence-corrected chi connectivity index (χ1v) is 5.10. The SMILES string of the molecule is Cc1ncc(B2OC(C)(C)C(C)(C)O2)o1. The van der Waals surface area contributed by atoms with Crippen molar-refractivity contribution in [3.05, 3.63) is 12.1 Å². The fourth-order valence-corrected chi connectivity index (χ4v) is 1.45. The van der Waals surface area contributed by atoms with Crippen molar-refractivity contribution in [2.45, 2.75) is 45.8 Å². The van der Waals surface area contributed by atoms with Gasteiger partial charge in [0.15, 0.2) is 11.6 Å². The number of hydrogen-bond donors (Lipinski definition) is 0. The van der Waals surface area contributed by atoms with Crippen LogP contribution in [0.4, 0.5) is 0 Å². The maximum Gasteiger partial charge on any atom is 0.534 e. The summed E-state index contributed by atoms with van der Waals surface area (Å²) in [5, 5.41) is 0. The van der Waals surface area contributed by atoms with Crippen LogP contribution in [0.2, 0.25) is 0 Å². The van der Waals surface area contributed by atoms with Crippen molar-refractivity contribution < 1.29 is 13.7 Å². The van der Waals surface area contributed by atoms with Gasteiger partial charge in [0, 0.05) is 6.92 Å². The van der Waals surface area contributed by atoms with Gasteiger partial charge in [-0.3, -0.25) is 0 Å². The van der Waals surface area contributed by atoms with Crippen LogP contribution in [0.5, 0.6) is 0 Å². The summed E-state index contributed by atoms with van der Waals surface area (Å²) in [6, 6.07) is 0. The number of aromatic nitrogens is 1. The molecular formula is C10H16BNO3. The predicted octanol–water partition coefficient (Wildman–Crippen LogP) is 1.28. The van der Waals surface area contributed by atoms with Gasteiger partial charge < -0.3 is 13.7 Å². The van der Waals surface area contributed by atoms with E-state index in [4.69, 9.17) is 13.7 Å². The van der Waals surface area contributed by atoms with Crippen LogP contribution in [-0.4, -0.2) is 23.3 Å². The Kier molecular flexibility index (Phi) is 2.21. The smallest absolute Gasteiger partial charge is 0.450 e. The number of nitrogens with zero attached hydrogens (tertiary/aromatic N) is 1. The molecule has 0 saturated carbocycles. The molecule has 4 nitrogen and oxygen atoms in total. The van der Waals surface area contributed by atoms with Gasteiger partial charge >= 0.3 is 7.12 Å². The van der Waals surface area contributed by atoms with E-state index in [0.717, 1.165) is 0 Å². The van der Waals surface area contributed by atoms with Gasteiger partial charge in [-0.2, -0.15) is 0 Å². The van der Waals surface area contributed by atoms with Crippen LogP contribution in [0.1, 0.15) is 33.6 Å². The van der Waals surface area contributed by atoms with E-state index in [-0.39, 0.29) is 11.2 Å². The van der Waals surface area contributed by atoms with Crippen LogP contribution >= 0.6 is 0 Å². The summed E-state index contributed by atoms with van der Waals surface area (Å²) in [6.45, 7) is 9.84. The summed E-state index contributed by atoms with van der Waals surface area (Å²) in [6.07, 6.45) is 1.65. The highest BCUT2D eigenvalue weighted by Crippen LogP contribution is 2.36. The van der Waals surface area contributed by atoms with Gasteiger partial charge in [0.1, 0.15) is 0 Å². The van der Waals surface area contributed by atoms with Crippen molar-refractivity contribution in [2.24, 2.45) is 0 Å². The zero-order valence-corrected chi connectivity index (χ0v) is 9.83. The molecule has 0 spiro atoms. The van der Waals surface area contributed by atoms with E-state index in [2.05, 4.69) is 4.98 Å². The molecule has 0 aromatic carbocycles. The fraction of sp³-hybridized carbons (Fsp3) is 0.700. The summed E-state index contributed by atoms with van der Waals surface area (Å²) < 4.78 is 17.0. The lowest BCUT2D eigenvalue weighted by Gasteiger charge is -2.32. The van der Waals surface area contributed by atoms with Gasteiger partial charge in [-0.15, -0.1) is 0 Å². The van der Waals surface area contributed by atoms with Crippen molar-refractivity contribution in [2.75, 3.05) is 0 Å². The van der Waals surface area contributed by atoms with E-state index >= 15 is 0 Å². The van der Waals surface area contributed by atoms with Crippen molar-refractivity contribution in [1.29, 1.82) is 0 Å². The number of rotatable bonds is 1. The van der Waals surface area contributed by atoms with Crippen LogP contribution < -0.4 is 5.66 Å². The Bertz CT molecular complexity index is 356. The molecule has 1 fully saturated rings. The lowest BCUT2D eigenvalue weighted by molar-refractivity contribution is 0.00578. The van der Waals surface area contributed by atoms with E-state index in [9.17, 15) is 0 Å². The maximum atomic E-state index is 5.81. The Morgan fingerprint density at radius 1 is 1.13 bits per heavy atom. The Labute approximate surface area is 90.1 Å². The van der Waals surface area contributed by atoms with Crippen molar-refractivity contribution >= 4 is 12.8 Å². The lowest BCUT2D eigenvalue weighted by Crippen LogP contribution is -2.41. The van der Waals surface area contributed by atoms with E-state index in [1.165, 1.54) is 0 Å². The minimum absolute atomic E-state index is 0.335. The molecule has 5 heteroatoms. The summed E-state index contributed by atoms with van der Waals surface area (Å²) in [7, 11) is -0.448. The molecule has 0 aliphatic carbocycles. The number of aryl methyl sites for hydroxylation is 1. The highest BCUT2D eigenvalue weighted by Gasteiger charge is 2.53. The molecule has 1 aromatic heterocycles.